The molecule has 0 spiro atoms. The quantitative estimate of drug-likeness (QED) is 0.677. The Morgan fingerprint density at radius 3 is 2.47 bits per heavy atom. The van der Waals surface area contributed by atoms with E-state index in [4.69, 9.17) is 4.98 Å². The molecule has 0 saturated carbocycles. The van der Waals surface area contributed by atoms with E-state index in [0.717, 1.165) is 50.1 Å². The van der Waals surface area contributed by atoms with E-state index in [1.165, 1.54) is 11.1 Å². The molecule has 152 valence electrons. The van der Waals surface area contributed by atoms with E-state index < -0.39 is 0 Å². The lowest BCUT2D eigenvalue weighted by Crippen LogP contribution is -2.48. The molecule has 3 aromatic rings. The van der Waals surface area contributed by atoms with Crippen molar-refractivity contribution in [1.29, 1.82) is 0 Å². The molecular weight excluding hydrogens is 374 g/mol. The number of piperazine rings is 1. The molecule has 1 aliphatic heterocycles. The number of nitrogens with one attached hydrogen (secondary N) is 1. The third-order valence-corrected chi connectivity index (χ3v) is 6.17. The monoisotopic (exact) mass is 400 g/mol. The van der Waals surface area contributed by atoms with Crippen LogP contribution < -0.4 is 14.8 Å². The van der Waals surface area contributed by atoms with Gasteiger partial charge in [0, 0.05) is 18.7 Å². The number of H-pyrrole nitrogens is 1. The lowest BCUT2D eigenvalue weighted by atomic mass is 9.82. The van der Waals surface area contributed by atoms with Crippen molar-refractivity contribution in [3.8, 4) is 0 Å². The van der Waals surface area contributed by atoms with E-state index in [9.17, 15) is 4.79 Å². The van der Waals surface area contributed by atoms with Crippen molar-refractivity contribution in [1.82, 2.24) is 9.97 Å². The number of rotatable bonds is 3. The Balaban J connectivity index is 1.32. The van der Waals surface area contributed by atoms with Gasteiger partial charge in [-0.1, -0.05) is 35.9 Å². The van der Waals surface area contributed by atoms with Crippen molar-refractivity contribution in [2.75, 3.05) is 36.0 Å². The van der Waals surface area contributed by atoms with Crippen LogP contribution in [0.1, 0.15) is 39.5 Å². The van der Waals surface area contributed by atoms with Crippen LogP contribution in [0.25, 0.3) is 0 Å². The number of nitrogens with zero attached hydrogens (tertiary/aromatic N) is 4. The van der Waals surface area contributed by atoms with Crippen molar-refractivity contribution in [3.63, 3.8) is 0 Å². The van der Waals surface area contributed by atoms with Crippen LogP contribution in [0.5, 0.6) is 0 Å². The zero-order valence-corrected chi connectivity index (χ0v) is 17.2. The van der Waals surface area contributed by atoms with Crippen molar-refractivity contribution < 1.29 is 9.78 Å². The molecule has 1 aromatic carbocycles. The number of hydrogen-bond acceptors (Lipinski definition) is 5. The summed E-state index contributed by atoms with van der Waals surface area (Å²) in [5.74, 6) is 2.22. The van der Waals surface area contributed by atoms with Gasteiger partial charge in [-0.25, -0.2) is 15.0 Å². The lowest BCUT2D eigenvalue weighted by Gasteiger charge is -2.31. The number of pyridine rings is 1. The number of anilines is 2. The first-order valence-electron chi connectivity index (χ1n) is 10.6. The number of carbonyl (C=O) groups is 1. The molecule has 0 unspecified atom stereocenters. The zero-order chi connectivity index (χ0) is 20.5. The standard InChI is InChI=1S/C24H25N5O/c1-17-5-7-18(8-6-17)19-14-21-20(22(30)15-19)16-26-24(27-21)29-12-10-28(11-13-29)23-4-2-3-9-25-23/h2-9,16,19H,10-15H2,1H3/p+1/t19-/m0/s1. The highest BCUT2D eigenvalue weighted by atomic mass is 16.1. The van der Waals surface area contributed by atoms with E-state index in [0.29, 0.717) is 12.0 Å². The van der Waals surface area contributed by atoms with Gasteiger partial charge in [-0.05, 0) is 30.9 Å². The zero-order valence-electron chi connectivity index (χ0n) is 17.2. The molecule has 6 heteroatoms. The summed E-state index contributed by atoms with van der Waals surface area (Å²) in [5.41, 5.74) is 4.03. The summed E-state index contributed by atoms with van der Waals surface area (Å²) in [4.78, 5) is 30.0. The summed E-state index contributed by atoms with van der Waals surface area (Å²) >= 11 is 0. The smallest absolute Gasteiger partial charge is 0.274 e. The van der Waals surface area contributed by atoms with Crippen molar-refractivity contribution >= 4 is 17.5 Å². The van der Waals surface area contributed by atoms with Gasteiger partial charge in [0.15, 0.2) is 5.78 Å². The van der Waals surface area contributed by atoms with Crippen LogP contribution in [-0.4, -0.2) is 41.9 Å². The molecule has 1 atom stereocenters. The molecule has 6 nitrogen and oxygen atoms in total. The van der Waals surface area contributed by atoms with Crippen LogP contribution in [-0.2, 0) is 6.42 Å². The maximum atomic E-state index is 12.7. The molecule has 3 heterocycles. The summed E-state index contributed by atoms with van der Waals surface area (Å²) < 4.78 is 0. The Bertz CT molecular complexity index is 1040. The second-order valence-electron chi connectivity index (χ2n) is 8.19. The molecular formula is C24H26N5O+. The first-order chi connectivity index (χ1) is 14.7. The molecule has 0 radical (unpaired) electrons. The summed E-state index contributed by atoms with van der Waals surface area (Å²) in [6.07, 6.45) is 5.02. The minimum atomic E-state index is 0.151. The van der Waals surface area contributed by atoms with Gasteiger partial charge in [-0.15, -0.1) is 0 Å². The topological polar surface area (TPSA) is 63.5 Å². The molecule has 1 fully saturated rings. The van der Waals surface area contributed by atoms with E-state index in [2.05, 4.69) is 57.0 Å². The van der Waals surface area contributed by atoms with Crippen LogP contribution in [0.3, 0.4) is 0 Å². The van der Waals surface area contributed by atoms with Gasteiger partial charge in [0.1, 0.15) is 13.1 Å². The van der Waals surface area contributed by atoms with Gasteiger partial charge in [-0.3, -0.25) is 9.69 Å². The first kappa shape index (κ1) is 18.7. The maximum Gasteiger partial charge on any atom is 0.274 e. The van der Waals surface area contributed by atoms with E-state index in [1.807, 2.05) is 18.3 Å². The molecule has 1 saturated heterocycles. The lowest BCUT2D eigenvalue weighted by molar-refractivity contribution is -0.364. The number of carbonyl (C=O) groups excluding carboxylic acids is 1. The van der Waals surface area contributed by atoms with E-state index >= 15 is 0 Å². The fraction of sp³-hybridized carbons (Fsp3) is 0.333. The molecule has 2 aliphatic rings. The van der Waals surface area contributed by atoms with Crippen molar-refractivity contribution in [2.45, 2.75) is 25.7 Å². The minimum Gasteiger partial charge on any atom is -0.333 e. The van der Waals surface area contributed by atoms with Gasteiger partial charge < -0.3 is 4.90 Å². The van der Waals surface area contributed by atoms with Gasteiger partial charge in [0.25, 0.3) is 5.82 Å². The third kappa shape index (κ3) is 3.65. The Labute approximate surface area is 176 Å². The number of aryl methyl sites for hydroxylation is 1. The SMILES string of the molecule is Cc1ccc([C@@H]2CC(=O)c3cnc(N4CCN(c5cccc[nH+]5)CC4)nc3C2)cc1. The average molecular weight is 401 g/mol. The van der Waals surface area contributed by atoms with Crippen LogP contribution in [0.15, 0.2) is 54.9 Å². The van der Waals surface area contributed by atoms with Crippen molar-refractivity contribution in [3.05, 3.63) is 77.2 Å². The number of aromatic amines is 1. The van der Waals surface area contributed by atoms with Crippen LogP contribution in [0, 0.1) is 6.92 Å². The predicted octanol–water partition coefficient (Wildman–Crippen LogP) is 2.84. The summed E-state index contributed by atoms with van der Waals surface area (Å²) in [6.45, 7) is 5.62. The highest BCUT2D eigenvalue weighted by molar-refractivity contribution is 5.98. The van der Waals surface area contributed by atoms with Crippen LogP contribution in [0.2, 0.25) is 0 Å². The van der Waals surface area contributed by atoms with Crippen LogP contribution >= 0.6 is 0 Å². The molecule has 2 aromatic heterocycles. The van der Waals surface area contributed by atoms with Gasteiger partial charge in [0.05, 0.1) is 30.5 Å². The largest absolute Gasteiger partial charge is 0.333 e. The number of ketones is 1. The Morgan fingerprint density at radius 2 is 1.73 bits per heavy atom. The molecule has 1 N–H and O–H groups in total. The number of aromatic nitrogens is 3. The Hall–Kier alpha value is -3.28. The highest BCUT2D eigenvalue weighted by Crippen LogP contribution is 2.32. The Kier molecular flexibility index (Phi) is 4.91. The predicted molar refractivity (Wildman–Crippen MR) is 116 cm³/mol. The van der Waals surface area contributed by atoms with Gasteiger partial charge >= 0.3 is 0 Å². The number of hydrogen-bond donors (Lipinski definition) is 0. The molecule has 0 amide bonds. The fourth-order valence-corrected chi connectivity index (χ4v) is 4.39. The summed E-state index contributed by atoms with van der Waals surface area (Å²) in [5, 5.41) is 0. The minimum absolute atomic E-state index is 0.151. The maximum absolute atomic E-state index is 12.7. The van der Waals surface area contributed by atoms with E-state index in [-0.39, 0.29) is 11.7 Å². The normalized spacial score (nSPS) is 19.0. The molecule has 5 rings (SSSR count). The van der Waals surface area contributed by atoms with Gasteiger partial charge in [0.2, 0.25) is 5.95 Å². The first-order valence-corrected chi connectivity index (χ1v) is 10.6. The van der Waals surface area contributed by atoms with Crippen molar-refractivity contribution in [2.24, 2.45) is 0 Å². The molecule has 30 heavy (non-hydrogen) atoms. The summed E-state index contributed by atoms with van der Waals surface area (Å²) in [6, 6.07) is 14.6. The van der Waals surface area contributed by atoms with E-state index in [1.54, 1.807) is 6.20 Å². The number of benzene rings is 1. The highest BCUT2D eigenvalue weighted by Gasteiger charge is 2.30. The molecule has 0 bridgehead atoms. The second-order valence-corrected chi connectivity index (χ2v) is 8.19. The van der Waals surface area contributed by atoms with Gasteiger partial charge in [-0.2, -0.15) is 0 Å². The molecule has 1 aliphatic carbocycles. The number of Topliss-reactive ketones (excluding diaryl/α,β-unsaturated/α-hetero) is 1. The fourth-order valence-electron chi connectivity index (χ4n) is 4.39. The Morgan fingerprint density at radius 1 is 0.967 bits per heavy atom. The van der Waals surface area contributed by atoms with Crippen LogP contribution in [0.4, 0.5) is 11.8 Å². The number of fused-ring (bicyclic) bond motifs is 1. The third-order valence-electron chi connectivity index (χ3n) is 6.17. The second kappa shape index (κ2) is 7.86. The summed E-state index contributed by atoms with van der Waals surface area (Å²) in [7, 11) is 0. The average Bonchev–Trinajstić information content (AvgIpc) is 2.80.